The Morgan fingerprint density at radius 3 is 2.63 bits per heavy atom. The highest BCUT2D eigenvalue weighted by atomic mass is 32.2. The van der Waals surface area contributed by atoms with Gasteiger partial charge in [-0.3, -0.25) is 4.68 Å². The van der Waals surface area contributed by atoms with E-state index < -0.39 is 0 Å². The molecule has 0 fully saturated rings. The quantitative estimate of drug-likeness (QED) is 0.688. The summed E-state index contributed by atoms with van der Waals surface area (Å²) in [6.45, 7) is 2.41. The zero-order chi connectivity index (χ0) is 13.7. The Balaban J connectivity index is 1.98. The van der Waals surface area contributed by atoms with E-state index in [-0.39, 0.29) is 0 Å². The van der Waals surface area contributed by atoms with Gasteiger partial charge in [0.2, 0.25) is 0 Å². The van der Waals surface area contributed by atoms with Crippen molar-refractivity contribution in [3.8, 4) is 11.8 Å². The number of aryl methyl sites for hydroxylation is 2. The second-order valence-corrected chi connectivity index (χ2v) is 5.23. The second kappa shape index (κ2) is 6.46. The molecule has 1 heterocycles. The van der Waals surface area contributed by atoms with Crippen LogP contribution in [-0.2, 0) is 12.8 Å². The number of rotatable bonds is 3. The van der Waals surface area contributed by atoms with Gasteiger partial charge in [-0.15, -0.1) is 11.8 Å². The molecule has 0 aliphatic rings. The maximum absolute atomic E-state index is 5.35. The summed E-state index contributed by atoms with van der Waals surface area (Å²) in [6.07, 6.45) is 0. The topological polar surface area (TPSA) is 43.8 Å². The first kappa shape index (κ1) is 13.7. The zero-order valence-corrected chi connectivity index (χ0v) is 12.0. The predicted molar refractivity (Wildman–Crippen MR) is 79.9 cm³/mol. The third-order valence-electron chi connectivity index (χ3n) is 2.63. The van der Waals surface area contributed by atoms with E-state index >= 15 is 0 Å². The first-order valence-corrected chi connectivity index (χ1v) is 7.09. The summed E-state index contributed by atoms with van der Waals surface area (Å²) in [7, 11) is 1.97. The van der Waals surface area contributed by atoms with Gasteiger partial charge in [-0.05, 0) is 30.7 Å². The van der Waals surface area contributed by atoms with Gasteiger partial charge in [0, 0.05) is 18.4 Å². The number of hydrogen-bond donors (Lipinski definition) is 1. The third-order valence-corrected chi connectivity index (χ3v) is 3.79. The van der Waals surface area contributed by atoms with Gasteiger partial charge < -0.3 is 5.73 Å². The summed E-state index contributed by atoms with van der Waals surface area (Å²) in [4.78, 5) is 0. The van der Waals surface area contributed by atoms with Gasteiger partial charge in [0.05, 0.1) is 17.3 Å². The number of aromatic nitrogens is 2. The first-order chi connectivity index (χ1) is 9.19. The van der Waals surface area contributed by atoms with Crippen molar-refractivity contribution in [2.45, 2.75) is 17.7 Å². The molecule has 0 unspecified atom stereocenters. The van der Waals surface area contributed by atoms with Crippen molar-refractivity contribution in [3.63, 3.8) is 0 Å². The van der Waals surface area contributed by atoms with Crippen LogP contribution in [0.4, 0.5) is 0 Å². The maximum Gasteiger partial charge on any atom is 0.0942 e. The largest absolute Gasteiger partial charge is 0.320 e. The van der Waals surface area contributed by atoms with E-state index in [2.05, 4.69) is 35.1 Å². The Morgan fingerprint density at radius 1 is 1.32 bits per heavy atom. The lowest BCUT2D eigenvalue weighted by molar-refractivity contribution is 0.692. The molecule has 3 nitrogen and oxygen atoms in total. The molecular formula is C15H17N3S. The van der Waals surface area contributed by atoms with Crippen LogP contribution in [0.25, 0.3) is 0 Å². The molecule has 0 amide bonds. The van der Waals surface area contributed by atoms with Crippen LogP contribution in [0, 0.1) is 18.8 Å². The van der Waals surface area contributed by atoms with Gasteiger partial charge in [0.25, 0.3) is 0 Å². The van der Waals surface area contributed by atoms with Gasteiger partial charge in [0.1, 0.15) is 0 Å². The van der Waals surface area contributed by atoms with E-state index in [1.807, 2.05) is 30.8 Å². The molecule has 4 heteroatoms. The lowest BCUT2D eigenvalue weighted by Gasteiger charge is -2.02. The van der Waals surface area contributed by atoms with Crippen LogP contribution in [0.15, 0.2) is 35.4 Å². The Kier molecular flexibility index (Phi) is 4.67. The molecule has 2 N–H and O–H groups in total. The summed E-state index contributed by atoms with van der Waals surface area (Å²) < 4.78 is 1.92. The number of nitrogens with zero attached hydrogens (tertiary/aromatic N) is 2. The average Bonchev–Trinajstić information content (AvgIpc) is 2.73. The predicted octanol–water partition coefficient (Wildman–Crippen LogP) is 2.33. The maximum atomic E-state index is 5.35. The van der Waals surface area contributed by atoms with Crippen LogP contribution in [-0.4, -0.2) is 16.3 Å². The van der Waals surface area contributed by atoms with Crippen LogP contribution in [0.3, 0.4) is 0 Å². The Morgan fingerprint density at radius 2 is 2.05 bits per heavy atom. The molecule has 0 aliphatic heterocycles. The summed E-state index contributed by atoms with van der Waals surface area (Å²) >= 11 is 1.79. The number of nitrogens with two attached hydrogens (primary N) is 1. The first-order valence-electron chi connectivity index (χ1n) is 6.10. The summed E-state index contributed by atoms with van der Waals surface area (Å²) in [5.74, 6) is 6.81. The van der Waals surface area contributed by atoms with Crippen LogP contribution in [0.1, 0.15) is 16.8 Å². The standard InChI is InChI=1S/C15H17N3S/c1-12-10-15(18(2)17-12)19-11-14-7-5-13(6-8-14)4-3-9-16/h5-8,10H,9,11,16H2,1-2H3. The molecule has 0 atom stereocenters. The van der Waals surface area contributed by atoms with Crippen LogP contribution in [0.2, 0.25) is 0 Å². The molecule has 0 aliphatic carbocycles. The van der Waals surface area contributed by atoms with Gasteiger partial charge >= 0.3 is 0 Å². The minimum absolute atomic E-state index is 0.400. The molecule has 1 aromatic carbocycles. The van der Waals surface area contributed by atoms with Gasteiger partial charge in [-0.25, -0.2) is 0 Å². The van der Waals surface area contributed by atoms with E-state index in [9.17, 15) is 0 Å². The highest BCUT2D eigenvalue weighted by molar-refractivity contribution is 7.98. The monoisotopic (exact) mass is 271 g/mol. The molecule has 0 saturated heterocycles. The highest BCUT2D eigenvalue weighted by Gasteiger charge is 2.03. The van der Waals surface area contributed by atoms with Crippen molar-refractivity contribution in [1.29, 1.82) is 0 Å². The lowest BCUT2D eigenvalue weighted by Crippen LogP contribution is -1.93. The molecule has 98 valence electrons. The minimum atomic E-state index is 0.400. The van der Waals surface area contributed by atoms with Crippen LogP contribution < -0.4 is 5.73 Å². The number of benzene rings is 1. The molecule has 2 rings (SSSR count). The van der Waals surface area contributed by atoms with Crippen molar-refractivity contribution >= 4 is 11.8 Å². The van der Waals surface area contributed by atoms with Crippen molar-refractivity contribution in [2.24, 2.45) is 12.8 Å². The fourth-order valence-electron chi connectivity index (χ4n) is 1.72. The fraction of sp³-hybridized carbons (Fsp3) is 0.267. The van der Waals surface area contributed by atoms with Crippen molar-refractivity contribution in [1.82, 2.24) is 9.78 Å². The van der Waals surface area contributed by atoms with Crippen LogP contribution >= 0.6 is 11.8 Å². The van der Waals surface area contributed by atoms with Gasteiger partial charge in [0.15, 0.2) is 0 Å². The molecular weight excluding hydrogens is 254 g/mol. The van der Waals surface area contributed by atoms with E-state index in [4.69, 9.17) is 5.73 Å². The van der Waals surface area contributed by atoms with E-state index in [0.29, 0.717) is 6.54 Å². The molecule has 0 radical (unpaired) electrons. The number of thioether (sulfide) groups is 1. The third kappa shape index (κ3) is 3.88. The molecule has 0 saturated carbocycles. The zero-order valence-electron chi connectivity index (χ0n) is 11.2. The SMILES string of the molecule is Cc1cc(SCc2ccc(C#CCN)cc2)n(C)n1. The second-order valence-electron chi connectivity index (χ2n) is 4.24. The molecule has 19 heavy (non-hydrogen) atoms. The van der Waals surface area contributed by atoms with Gasteiger partial charge in [-0.1, -0.05) is 24.0 Å². The van der Waals surface area contributed by atoms with Gasteiger partial charge in [-0.2, -0.15) is 5.10 Å². The normalized spacial score (nSPS) is 10.1. The summed E-state index contributed by atoms with van der Waals surface area (Å²) in [5, 5.41) is 5.52. The summed E-state index contributed by atoms with van der Waals surface area (Å²) in [6, 6.07) is 10.4. The van der Waals surface area contributed by atoms with Crippen molar-refractivity contribution in [3.05, 3.63) is 47.2 Å². The number of hydrogen-bond acceptors (Lipinski definition) is 3. The van der Waals surface area contributed by atoms with E-state index in [1.165, 1.54) is 10.6 Å². The average molecular weight is 271 g/mol. The minimum Gasteiger partial charge on any atom is -0.320 e. The van der Waals surface area contributed by atoms with E-state index in [1.54, 1.807) is 11.8 Å². The molecule has 0 bridgehead atoms. The van der Waals surface area contributed by atoms with Crippen molar-refractivity contribution in [2.75, 3.05) is 6.54 Å². The highest BCUT2D eigenvalue weighted by Crippen LogP contribution is 2.23. The van der Waals surface area contributed by atoms with E-state index in [0.717, 1.165) is 17.0 Å². The Hall–Kier alpha value is -1.70. The Bertz CT molecular complexity index is 603. The molecule has 2 aromatic rings. The molecule has 0 spiro atoms. The molecule has 1 aromatic heterocycles. The lowest BCUT2D eigenvalue weighted by atomic mass is 10.1. The Labute approximate surface area is 118 Å². The fourth-order valence-corrected chi connectivity index (χ4v) is 2.71. The van der Waals surface area contributed by atoms with Crippen molar-refractivity contribution < 1.29 is 0 Å². The summed E-state index contributed by atoms with van der Waals surface area (Å²) in [5.41, 5.74) is 8.69. The smallest absolute Gasteiger partial charge is 0.0942 e. The van der Waals surface area contributed by atoms with Crippen LogP contribution in [0.5, 0.6) is 0 Å².